The van der Waals surface area contributed by atoms with Crippen molar-refractivity contribution in [2.75, 3.05) is 18.0 Å². The minimum atomic E-state index is 0.810. The van der Waals surface area contributed by atoms with Crippen molar-refractivity contribution >= 4 is 21.7 Å². The molecule has 1 saturated heterocycles. The average molecular weight is 311 g/mol. The summed E-state index contributed by atoms with van der Waals surface area (Å²) in [5.41, 5.74) is 1.31. The van der Waals surface area contributed by atoms with Gasteiger partial charge in [0.05, 0.1) is 0 Å². The molecule has 0 amide bonds. The molecule has 0 aliphatic carbocycles. The van der Waals surface area contributed by atoms with Crippen molar-refractivity contribution in [3.8, 4) is 0 Å². The maximum Gasteiger partial charge on any atom is 0.132 e. The molecule has 0 saturated carbocycles. The van der Waals surface area contributed by atoms with Gasteiger partial charge in [0.25, 0.3) is 0 Å². The van der Waals surface area contributed by atoms with Crippen LogP contribution in [-0.2, 0) is 5.33 Å². The summed E-state index contributed by atoms with van der Waals surface area (Å²) in [5.74, 6) is 2.87. The molecule has 0 aromatic carbocycles. The first-order valence-corrected chi connectivity index (χ1v) is 8.09. The summed E-state index contributed by atoms with van der Waals surface area (Å²) in [4.78, 5) is 7.05. The fraction of sp³-hybridized carbons (Fsp3) is 0.667. The van der Waals surface area contributed by atoms with E-state index in [0.717, 1.165) is 30.3 Å². The number of pyridine rings is 1. The monoisotopic (exact) mass is 310 g/mol. The fourth-order valence-electron chi connectivity index (χ4n) is 2.82. The molecule has 1 aromatic rings. The molecule has 1 unspecified atom stereocenters. The Balaban J connectivity index is 2.10. The number of halogens is 1. The Morgan fingerprint density at radius 2 is 2.22 bits per heavy atom. The summed E-state index contributed by atoms with van der Waals surface area (Å²) in [6.45, 7) is 7.01. The van der Waals surface area contributed by atoms with Crippen LogP contribution < -0.4 is 4.90 Å². The fourth-order valence-corrected chi connectivity index (χ4v) is 3.26. The summed E-state index contributed by atoms with van der Waals surface area (Å²) in [7, 11) is 0. The number of rotatable bonds is 3. The number of hydrogen-bond acceptors (Lipinski definition) is 2. The minimum Gasteiger partial charge on any atom is -0.356 e. The van der Waals surface area contributed by atoms with E-state index in [-0.39, 0.29) is 0 Å². The smallest absolute Gasteiger partial charge is 0.132 e. The van der Waals surface area contributed by atoms with Crippen LogP contribution in [0, 0.1) is 11.8 Å². The normalized spacial score (nSPS) is 21.1. The standard InChI is InChI=1S/C15H23BrN2/c1-12(2)13-6-4-9-18(10-7-13)15-14(11-16)5-3-8-17-15/h3,5,8,12-13H,4,6-7,9-11H2,1-2H3. The van der Waals surface area contributed by atoms with E-state index in [2.05, 4.69) is 45.7 Å². The van der Waals surface area contributed by atoms with Crippen molar-refractivity contribution in [2.24, 2.45) is 11.8 Å². The highest BCUT2D eigenvalue weighted by molar-refractivity contribution is 9.08. The van der Waals surface area contributed by atoms with Crippen molar-refractivity contribution in [3.05, 3.63) is 23.9 Å². The SMILES string of the molecule is CC(C)C1CCCN(c2ncccc2CBr)CC1. The van der Waals surface area contributed by atoms with Crippen molar-refractivity contribution in [1.82, 2.24) is 4.98 Å². The molecule has 1 aliphatic rings. The largest absolute Gasteiger partial charge is 0.356 e. The van der Waals surface area contributed by atoms with Crippen LogP contribution in [0.3, 0.4) is 0 Å². The van der Waals surface area contributed by atoms with E-state index in [4.69, 9.17) is 0 Å². The summed E-state index contributed by atoms with van der Waals surface area (Å²) >= 11 is 3.56. The average Bonchev–Trinajstić information content (AvgIpc) is 2.64. The van der Waals surface area contributed by atoms with Crippen LogP contribution in [-0.4, -0.2) is 18.1 Å². The van der Waals surface area contributed by atoms with Gasteiger partial charge in [0.15, 0.2) is 0 Å². The molecule has 18 heavy (non-hydrogen) atoms. The molecular formula is C15H23BrN2. The summed E-state index contributed by atoms with van der Waals surface area (Å²) < 4.78 is 0. The highest BCUT2D eigenvalue weighted by Crippen LogP contribution is 2.28. The Labute approximate surface area is 119 Å². The zero-order valence-corrected chi connectivity index (χ0v) is 13.0. The molecule has 2 nitrogen and oxygen atoms in total. The van der Waals surface area contributed by atoms with Crippen LogP contribution in [0.15, 0.2) is 18.3 Å². The Hall–Kier alpha value is -0.570. The van der Waals surface area contributed by atoms with E-state index in [9.17, 15) is 0 Å². The van der Waals surface area contributed by atoms with Gasteiger partial charge in [0.1, 0.15) is 5.82 Å². The second-order valence-corrected chi connectivity index (χ2v) is 6.10. The van der Waals surface area contributed by atoms with Crippen LogP contribution in [0.4, 0.5) is 5.82 Å². The molecule has 100 valence electrons. The predicted molar refractivity (Wildman–Crippen MR) is 81.3 cm³/mol. The lowest BCUT2D eigenvalue weighted by atomic mass is 9.89. The zero-order valence-electron chi connectivity index (χ0n) is 11.4. The van der Waals surface area contributed by atoms with Gasteiger partial charge in [0, 0.05) is 30.2 Å². The van der Waals surface area contributed by atoms with Crippen molar-refractivity contribution in [1.29, 1.82) is 0 Å². The van der Waals surface area contributed by atoms with Crippen LogP contribution in [0.25, 0.3) is 0 Å². The number of aromatic nitrogens is 1. The van der Waals surface area contributed by atoms with Crippen molar-refractivity contribution < 1.29 is 0 Å². The van der Waals surface area contributed by atoms with E-state index >= 15 is 0 Å². The third-order valence-corrected chi connectivity index (χ3v) is 4.63. The first-order chi connectivity index (χ1) is 8.72. The Morgan fingerprint density at radius 1 is 1.39 bits per heavy atom. The summed E-state index contributed by atoms with van der Waals surface area (Å²) in [6.07, 6.45) is 5.87. The molecule has 0 radical (unpaired) electrons. The molecule has 1 aliphatic heterocycles. The van der Waals surface area contributed by atoms with Gasteiger partial charge in [-0.1, -0.05) is 35.8 Å². The van der Waals surface area contributed by atoms with Gasteiger partial charge in [-0.05, 0) is 37.2 Å². The summed E-state index contributed by atoms with van der Waals surface area (Å²) in [6, 6.07) is 4.19. The first kappa shape index (κ1) is 13.9. The van der Waals surface area contributed by atoms with Gasteiger partial charge in [-0.15, -0.1) is 0 Å². The lowest BCUT2D eigenvalue weighted by Gasteiger charge is -2.24. The van der Waals surface area contributed by atoms with Gasteiger partial charge in [-0.2, -0.15) is 0 Å². The quantitative estimate of drug-likeness (QED) is 0.776. The van der Waals surface area contributed by atoms with Crippen LogP contribution in [0.1, 0.15) is 38.7 Å². The Bertz CT molecular complexity index is 379. The Morgan fingerprint density at radius 3 is 2.94 bits per heavy atom. The van der Waals surface area contributed by atoms with Gasteiger partial charge >= 0.3 is 0 Å². The topological polar surface area (TPSA) is 16.1 Å². The molecule has 2 heterocycles. The van der Waals surface area contributed by atoms with Gasteiger partial charge < -0.3 is 4.90 Å². The molecule has 1 fully saturated rings. The number of hydrogen-bond donors (Lipinski definition) is 0. The van der Waals surface area contributed by atoms with E-state index in [1.54, 1.807) is 0 Å². The molecule has 1 atom stereocenters. The maximum absolute atomic E-state index is 4.58. The van der Waals surface area contributed by atoms with Gasteiger partial charge in [-0.3, -0.25) is 0 Å². The molecule has 3 heteroatoms. The van der Waals surface area contributed by atoms with Crippen molar-refractivity contribution in [2.45, 2.75) is 38.4 Å². The van der Waals surface area contributed by atoms with E-state index in [1.165, 1.54) is 30.6 Å². The molecule has 0 bridgehead atoms. The number of nitrogens with zero attached hydrogens (tertiary/aromatic N) is 2. The highest BCUT2D eigenvalue weighted by Gasteiger charge is 2.21. The highest BCUT2D eigenvalue weighted by atomic mass is 79.9. The maximum atomic E-state index is 4.58. The lowest BCUT2D eigenvalue weighted by Crippen LogP contribution is -2.26. The third-order valence-electron chi connectivity index (χ3n) is 4.03. The van der Waals surface area contributed by atoms with E-state index in [1.807, 2.05) is 12.3 Å². The van der Waals surface area contributed by atoms with Gasteiger partial charge in [0.2, 0.25) is 0 Å². The second-order valence-electron chi connectivity index (χ2n) is 5.54. The molecular weight excluding hydrogens is 288 g/mol. The second kappa shape index (κ2) is 6.55. The summed E-state index contributed by atoms with van der Waals surface area (Å²) in [5, 5.41) is 0.889. The molecule has 0 spiro atoms. The molecule has 0 N–H and O–H groups in total. The van der Waals surface area contributed by atoms with Gasteiger partial charge in [-0.25, -0.2) is 4.98 Å². The minimum absolute atomic E-state index is 0.810. The van der Waals surface area contributed by atoms with Crippen LogP contribution in [0.5, 0.6) is 0 Å². The van der Waals surface area contributed by atoms with Crippen LogP contribution in [0.2, 0.25) is 0 Å². The van der Waals surface area contributed by atoms with Crippen molar-refractivity contribution in [3.63, 3.8) is 0 Å². The number of alkyl halides is 1. The predicted octanol–water partition coefficient (Wildman–Crippen LogP) is 4.24. The Kier molecular flexibility index (Phi) is 5.04. The lowest BCUT2D eigenvalue weighted by molar-refractivity contribution is 0.351. The molecule has 2 rings (SSSR count). The first-order valence-electron chi connectivity index (χ1n) is 6.97. The third kappa shape index (κ3) is 3.25. The zero-order chi connectivity index (χ0) is 13.0. The van der Waals surface area contributed by atoms with E-state index in [0.29, 0.717) is 0 Å². The van der Waals surface area contributed by atoms with E-state index < -0.39 is 0 Å². The van der Waals surface area contributed by atoms with Crippen LogP contribution >= 0.6 is 15.9 Å². The molecule has 1 aromatic heterocycles. The number of anilines is 1.